The number of hydrogen-bond acceptors (Lipinski definition) is 4. The van der Waals surface area contributed by atoms with Gasteiger partial charge in [-0.25, -0.2) is 0 Å². The molecule has 0 radical (unpaired) electrons. The van der Waals surface area contributed by atoms with Crippen LogP contribution in [0.15, 0.2) is 36.7 Å². The molecule has 2 atom stereocenters. The number of piperidine rings is 1. The van der Waals surface area contributed by atoms with Crippen LogP contribution in [0, 0.1) is 0 Å². The van der Waals surface area contributed by atoms with Crippen molar-refractivity contribution >= 4 is 0 Å². The van der Waals surface area contributed by atoms with E-state index in [1.165, 1.54) is 12.8 Å². The molecule has 1 saturated heterocycles. The molecule has 0 unspecified atom stereocenters. The van der Waals surface area contributed by atoms with E-state index >= 15 is 0 Å². The molecule has 3 rings (SSSR count). The van der Waals surface area contributed by atoms with E-state index in [2.05, 4.69) is 46.5 Å². The first-order valence-electron chi connectivity index (χ1n) is 7.62. The highest BCUT2D eigenvalue weighted by atomic mass is 15.3. The van der Waals surface area contributed by atoms with Crippen LogP contribution in [0.5, 0.6) is 0 Å². The molecule has 5 nitrogen and oxygen atoms in total. The Morgan fingerprint density at radius 3 is 2.86 bits per heavy atom. The fraction of sp³-hybridized carbons (Fsp3) is 0.500. The zero-order chi connectivity index (χ0) is 14.7. The van der Waals surface area contributed by atoms with E-state index in [4.69, 9.17) is 0 Å². The van der Waals surface area contributed by atoms with Crippen LogP contribution in [0.3, 0.4) is 0 Å². The number of hydrogen-bond donors (Lipinski definition) is 1. The largest absolute Gasteiger partial charge is 0.307 e. The minimum absolute atomic E-state index is 0.567. The van der Waals surface area contributed by atoms with Crippen molar-refractivity contribution in [3.63, 3.8) is 0 Å². The molecule has 1 aromatic heterocycles. The second-order valence-corrected chi connectivity index (χ2v) is 5.88. The van der Waals surface area contributed by atoms with Crippen LogP contribution in [0.25, 0.3) is 5.69 Å². The normalized spacial score (nSPS) is 23.3. The van der Waals surface area contributed by atoms with Crippen LogP contribution in [0.4, 0.5) is 0 Å². The van der Waals surface area contributed by atoms with E-state index in [-0.39, 0.29) is 0 Å². The van der Waals surface area contributed by atoms with Crippen molar-refractivity contribution in [1.82, 2.24) is 25.0 Å². The van der Waals surface area contributed by atoms with Crippen molar-refractivity contribution < 1.29 is 0 Å². The van der Waals surface area contributed by atoms with Gasteiger partial charge >= 0.3 is 0 Å². The standard InChI is InChI=1S/C16H23N5/c1-13-10-14(8-9-20(13)2)17-11-16-19-18-12-21(16)15-6-4-3-5-7-15/h3-7,12-14,17H,8-11H2,1-2H3/t13-,14-/m1/s1. The maximum absolute atomic E-state index is 4.25. The first kappa shape index (κ1) is 14.2. The summed E-state index contributed by atoms with van der Waals surface area (Å²) in [5.41, 5.74) is 1.11. The van der Waals surface area contributed by atoms with Gasteiger partial charge in [-0.2, -0.15) is 0 Å². The summed E-state index contributed by atoms with van der Waals surface area (Å²) in [7, 11) is 2.20. The second-order valence-electron chi connectivity index (χ2n) is 5.88. The molecule has 1 aliphatic heterocycles. The molecule has 1 aromatic carbocycles. The maximum Gasteiger partial charge on any atom is 0.151 e. The van der Waals surface area contributed by atoms with Crippen LogP contribution < -0.4 is 5.32 Å². The zero-order valence-corrected chi connectivity index (χ0v) is 12.7. The third-order valence-corrected chi connectivity index (χ3v) is 4.41. The first-order chi connectivity index (χ1) is 10.2. The van der Waals surface area contributed by atoms with Gasteiger partial charge in [-0.1, -0.05) is 18.2 Å². The molecule has 2 aromatic rings. The van der Waals surface area contributed by atoms with E-state index in [0.29, 0.717) is 12.1 Å². The topological polar surface area (TPSA) is 46.0 Å². The second kappa shape index (κ2) is 6.37. The monoisotopic (exact) mass is 285 g/mol. The molecule has 0 amide bonds. The van der Waals surface area contributed by atoms with Crippen molar-refractivity contribution in [2.24, 2.45) is 0 Å². The highest BCUT2D eigenvalue weighted by Crippen LogP contribution is 2.16. The molecule has 0 aliphatic carbocycles. The fourth-order valence-electron chi connectivity index (χ4n) is 2.89. The minimum Gasteiger partial charge on any atom is -0.307 e. The van der Waals surface area contributed by atoms with Gasteiger partial charge in [0.15, 0.2) is 5.82 Å². The quantitative estimate of drug-likeness (QED) is 0.931. The molecule has 2 heterocycles. The minimum atomic E-state index is 0.567. The van der Waals surface area contributed by atoms with Gasteiger partial charge in [0, 0.05) is 17.8 Å². The van der Waals surface area contributed by atoms with Crippen molar-refractivity contribution in [1.29, 1.82) is 0 Å². The molecular formula is C16H23N5. The maximum atomic E-state index is 4.25. The Morgan fingerprint density at radius 2 is 2.10 bits per heavy atom. The lowest BCUT2D eigenvalue weighted by Gasteiger charge is -2.35. The number of likely N-dealkylation sites (tertiary alicyclic amines) is 1. The van der Waals surface area contributed by atoms with Crippen molar-refractivity contribution in [3.05, 3.63) is 42.5 Å². The third kappa shape index (κ3) is 3.31. The summed E-state index contributed by atoms with van der Waals surface area (Å²) in [5, 5.41) is 11.9. The van der Waals surface area contributed by atoms with Crippen LogP contribution in [-0.2, 0) is 6.54 Å². The number of aromatic nitrogens is 3. The SMILES string of the molecule is C[C@@H]1C[C@H](NCc2nncn2-c2ccccc2)CCN1C. The van der Waals surface area contributed by atoms with E-state index in [9.17, 15) is 0 Å². The molecule has 21 heavy (non-hydrogen) atoms. The Morgan fingerprint density at radius 1 is 1.29 bits per heavy atom. The van der Waals surface area contributed by atoms with Gasteiger partial charge < -0.3 is 10.2 Å². The summed E-state index contributed by atoms with van der Waals surface area (Å²) in [6.45, 7) is 4.21. The number of rotatable bonds is 4. The molecular weight excluding hydrogens is 262 g/mol. The van der Waals surface area contributed by atoms with Gasteiger partial charge in [0.25, 0.3) is 0 Å². The average molecular weight is 285 g/mol. The first-order valence-corrected chi connectivity index (χ1v) is 7.62. The Balaban J connectivity index is 1.63. The lowest BCUT2D eigenvalue weighted by atomic mass is 9.99. The van der Waals surface area contributed by atoms with Gasteiger partial charge in [-0.15, -0.1) is 10.2 Å². The molecule has 1 fully saturated rings. The number of benzene rings is 1. The summed E-state index contributed by atoms with van der Waals surface area (Å²) < 4.78 is 2.05. The smallest absolute Gasteiger partial charge is 0.151 e. The van der Waals surface area contributed by atoms with Gasteiger partial charge in [-0.05, 0) is 45.5 Å². The zero-order valence-electron chi connectivity index (χ0n) is 12.7. The third-order valence-electron chi connectivity index (χ3n) is 4.41. The van der Waals surface area contributed by atoms with Gasteiger partial charge in [0.1, 0.15) is 6.33 Å². The molecule has 0 spiro atoms. The Kier molecular flexibility index (Phi) is 4.31. The van der Waals surface area contributed by atoms with Gasteiger partial charge in [0.05, 0.1) is 6.54 Å². The Labute approximate surface area is 126 Å². The molecule has 0 bridgehead atoms. The summed E-state index contributed by atoms with van der Waals surface area (Å²) in [5.74, 6) is 0.966. The molecule has 5 heteroatoms. The summed E-state index contributed by atoms with van der Waals surface area (Å²) in [6, 6.07) is 11.4. The van der Waals surface area contributed by atoms with E-state index in [1.807, 2.05) is 22.8 Å². The summed E-state index contributed by atoms with van der Waals surface area (Å²) in [4.78, 5) is 2.42. The molecule has 112 valence electrons. The highest BCUT2D eigenvalue weighted by molar-refractivity contribution is 5.31. The predicted molar refractivity (Wildman–Crippen MR) is 83.3 cm³/mol. The van der Waals surface area contributed by atoms with E-state index in [0.717, 1.165) is 24.6 Å². The van der Waals surface area contributed by atoms with Crippen molar-refractivity contribution in [3.8, 4) is 5.69 Å². The summed E-state index contributed by atoms with van der Waals surface area (Å²) >= 11 is 0. The Bertz CT molecular complexity index is 565. The number of nitrogens with one attached hydrogen (secondary N) is 1. The lowest BCUT2D eigenvalue weighted by Crippen LogP contribution is -2.45. The van der Waals surface area contributed by atoms with Crippen LogP contribution in [0.1, 0.15) is 25.6 Å². The van der Waals surface area contributed by atoms with E-state index in [1.54, 1.807) is 6.33 Å². The molecule has 1 N–H and O–H groups in total. The fourth-order valence-corrected chi connectivity index (χ4v) is 2.89. The Hall–Kier alpha value is -1.72. The number of nitrogens with zero attached hydrogens (tertiary/aromatic N) is 4. The highest BCUT2D eigenvalue weighted by Gasteiger charge is 2.22. The average Bonchev–Trinajstić information content (AvgIpc) is 2.98. The van der Waals surface area contributed by atoms with Crippen LogP contribution in [0.2, 0.25) is 0 Å². The predicted octanol–water partition coefficient (Wildman–Crippen LogP) is 1.84. The summed E-state index contributed by atoms with van der Waals surface area (Å²) in [6.07, 6.45) is 4.17. The van der Waals surface area contributed by atoms with Gasteiger partial charge in [0.2, 0.25) is 0 Å². The van der Waals surface area contributed by atoms with Crippen molar-refractivity contribution in [2.45, 2.75) is 38.4 Å². The van der Waals surface area contributed by atoms with Crippen LogP contribution >= 0.6 is 0 Å². The van der Waals surface area contributed by atoms with Crippen molar-refractivity contribution in [2.75, 3.05) is 13.6 Å². The van der Waals surface area contributed by atoms with Gasteiger partial charge in [-0.3, -0.25) is 4.57 Å². The van der Waals surface area contributed by atoms with Crippen LogP contribution in [-0.4, -0.2) is 45.3 Å². The molecule has 0 saturated carbocycles. The lowest BCUT2D eigenvalue weighted by molar-refractivity contribution is 0.167. The van der Waals surface area contributed by atoms with E-state index < -0.39 is 0 Å². The number of para-hydroxylation sites is 1. The molecule has 1 aliphatic rings.